The highest BCUT2D eigenvalue weighted by atomic mass is 35.5. The van der Waals surface area contributed by atoms with Crippen LogP contribution in [0.1, 0.15) is 15.9 Å². The minimum Gasteiger partial charge on any atom is -0.497 e. The standard InChI is InChI=1S/C15H16ClN3O2/c1-19(9-10-4-3-5-12(6-10)21-2)15(20)11-7-13(16)18-14(17)8-11/h3-8H,9H2,1-2H3,(H2,17,18). The Labute approximate surface area is 128 Å². The fraction of sp³-hybridized carbons (Fsp3) is 0.200. The summed E-state index contributed by atoms with van der Waals surface area (Å²) in [6.45, 7) is 0.454. The molecule has 5 nitrogen and oxygen atoms in total. The van der Waals surface area contributed by atoms with Gasteiger partial charge in [0.1, 0.15) is 16.7 Å². The number of pyridine rings is 1. The van der Waals surface area contributed by atoms with Crippen molar-refractivity contribution in [2.75, 3.05) is 19.9 Å². The Morgan fingerprint density at radius 3 is 2.81 bits per heavy atom. The van der Waals surface area contributed by atoms with Gasteiger partial charge in [0.25, 0.3) is 5.91 Å². The van der Waals surface area contributed by atoms with Crippen LogP contribution in [-0.2, 0) is 6.54 Å². The van der Waals surface area contributed by atoms with E-state index in [1.54, 1.807) is 19.1 Å². The lowest BCUT2D eigenvalue weighted by Gasteiger charge is -2.18. The molecule has 0 bridgehead atoms. The molecule has 0 saturated carbocycles. The molecule has 0 fully saturated rings. The SMILES string of the molecule is COc1cccc(CN(C)C(=O)c2cc(N)nc(Cl)c2)c1. The Kier molecular flexibility index (Phi) is 4.65. The van der Waals surface area contributed by atoms with E-state index in [0.717, 1.165) is 11.3 Å². The summed E-state index contributed by atoms with van der Waals surface area (Å²) >= 11 is 5.82. The lowest BCUT2D eigenvalue weighted by molar-refractivity contribution is 0.0785. The van der Waals surface area contributed by atoms with E-state index in [9.17, 15) is 4.79 Å². The molecule has 110 valence electrons. The van der Waals surface area contributed by atoms with Crippen molar-refractivity contribution in [3.05, 3.63) is 52.7 Å². The van der Waals surface area contributed by atoms with Crippen LogP contribution in [0.3, 0.4) is 0 Å². The van der Waals surface area contributed by atoms with E-state index >= 15 is 0 Å². The van der Waals surface area contributed by atoms with E-state index in [2.05, 4.69) is 4.98 Å². The summed E-state index contributed by atoms with van der Waals surface area (Å²) in [4.78, 5) is 17.8. The third-order valence-corrected chi connectivity index (χ3v) is 3.16. The molecule has 1 amide bonds. The zero-order chi connectivity index (χ0) is 15.4. The molecule has 0 aliphatic carbocycles. The van der Waals surface area contributed by atoms with Crippen molar-refractivity contribution in [1.82, 2.24) is 9.88 Å². The molecular formula is C15H16ClN3O2. The summed E-state index contributed by atoms with van der Waals surface area (Å²) in [5.41, 5.74) is 6.99. The summed E-state index contributed by atoms with van der Waals surface area (Å²) in [6, 6.07) is 10.6. The maximum atomic E-state index is 12.4. The molecule has 1 heterocycles. The van der Waals surface area contributed by atoms with Crippen LogP contribution in [0.25, 0.3) is 0 Å². The smallest absolute Gasteiger partial charge is 0.254 e. The topological polar surface area (TPSA) is 68.5 Å². The van der Waals surface area contributed by atoms with Crippen LogP contribution >= 0.6 is 11.6 Å². The second-order valence-electron chi connectivity index (χ2n) is 4.62. The van der Waals surface area contributed by atoms with Gasteiger partial charge < -0.3 is 15.4 Å². The number of nitrogens with two attached hydrogens (primary N) is 1. The highest BCUT2D eigenvalue weighted by Crippen LogP contribution is 2.17. The Morgan fingerprint density at radius 1 is 1.38 bits per heavy atom. The van der Waals surface area contributed by atoms with Gasteiger partial charge in [-0.25, -0.2) is 4.98 Å². The molecule has 0 aliphatic rings. The third-order valence-electron chi connectivity index (χ3n) is 2.96. The summed E-state index contributed by atoms with van der Waals surface area (Å²) in [7, 11) is 3.32. The van der Waals surface area contributed by atoms with Gasteiger partial charge in [-0.15, -0.1) is 0 Å². The van der Waals surface area contributed by atoms with Crippen molar-refractivity contribution in [2.45, 2.75) is 6.54 Å². The lowest BCUT2D eigenvalue weighted by atomic mass is 10.2. The van der Waals surface area contributed by atoms with Crippen molar-refractivity contribution in [3.8, 4) is 5.75 Å². The van der Waals surface area contributed by atoms with Gasteiger partial charge in [-0.05, 0) is 29.8 Å². The van der Waals surface area contributed by atoms with Crippen molar-refractivity contribution >= 4 is 23.3 Å². The molecule has 21 heavy (non-hydrogen) atoms. The number of aromatic nitrogens is 1. The van der Waals surface area contributed by atoms with Crippen molar-refractivity contribution in [3.63, 3.8) is 0 Å². The molecule has 0 atom stereocenters. The minimum atomic E-state index is -0.172. The number of hydrogen-bond donors (Lipinski definition) is 1. The molecule has 6 heteroatoms. The second kappa shape index (κ2) is 6.45. The van der Waals surface area contributed by atoms with E-state index < -0.39 is 0 Å². The minimum absolute atomic E-state index is 0.172. The van der Waals surface area contributed by atoms with Gasteiger partial charge >= 0.3 is 0 Å². The van der Waals surface area contributed by atoms with Gasteiger partial charge in [-0.2, -0.15) is 0 Å². The number of nitrogen functional groups attached to an aromatic ring is 1. The van der Waals surface area contributed by atoms with Gasteiger partial charge in [0.15, 0.2) is 0 Å². The highest BCUT2D eigenvalue weighted by molar-refractivity contribution is 6.29. The fourth-order valence-electron chi connectivity index (χ4n) is 1.98. The van der Waals surface area contributed by atoms with Crippen LogP contribution in [0.5, 0.6) is 5.75 Å². The fourth-order valence-corrected chi connectivity index (χ4v) is 2.19. The first-order valence-electron chi connectivity index (χ1n) is 6.31. The van der Waals surface area contributed by atoms with Gasteiger partial charge in [0.2, 0.25) is 0 Å². The molecule has 2 aromatic rings. The predicted molar refractivity (Wildman–Crippen MR) is 82.5 cm³/mol. The van der Waals surface area contributed by atoms with Gasteiger partial charge in [0.05, 0.1) is 7.11 Å². The van der Waals surface area contributed by atoms with E-state index in [0.29, 0.717) is 12.1 Å². The van der Waals surface area contributed by atoms with Gasteiger partial charge in [-0.1, -0.05) is 23.7 Å². The van der Waals surface area contributed by atoms with Crippen molar-refractivity contribution < 1.29 is 9.53 Å². The summed E-state index contributed by atoms with van der Waals surface area (Å²) in [6.07, 6.45) is 0. The molecule has 0 unspecified atom stereocenters. The van der Waals surface area contributed by atoms with Gasteiger partial charge in [-0.3, -0.25) is 4.79 Å². The monoisotopic (exact) mass is 305 g/mol. The number of benzene rings is 1. The van der Waals surface area contributed by atoms with Crippen LogP contribution in [0.15, 0.2) is 36.4 Å². The average Bonchev–Trinajstić information content (AvgIpc) is 2.45. The van der Waals surface area contributed by atoms with Crippen LogP contribution in [0.2, 0.25) is 5.15 Å². The quantitative estimate of drug-likeness (QED) is 0.882. The summed E-state index contributed by atoms with van der Waals surface area (Å²) in [5, 5.41) is 0.202. The molecule has 0 spiro atoms. The Bertz CT molecular complexity index is 641. The summed E-state index contributed by atoms with van der Waals surface area (Å²) in [5.74, 6) is 0.805. The first kappa shape index (κ1) is 15.1. The number of rotatable bonds is 4. The molecule has 2 N–H and O–H groups in total. The van der Waals surface area contributed by atoms with E-state index in [1.807, 2.05) is 24.3 Å². The first-order chi connectivity index (χ1) is 9.99. The third kappa shape index (κ3) is 3.86. The normalized spacial score (nSPS) is 10.2. The second-order valence-corrected chi connectivity index (χ2v) is 5.00. The van der Waals surface area contributed by atoms with Crippen LogP contribution in [0.4, 0.5) is 5.82 Å². The number of amides is 1. The van der Waals surface area contributed by atoms with Gasteiger partial charge in [0, 0.05) is 19.2 Å². The van der Waals surface area contributed by atoms with E-state index in [1.165, 1.54) is 12.1 Å². The van der Waals surface area contributed by atoms with Crippen LogP contribution < -0.4 is 10.5 Å². The Hall–Kier alpha value is -2.27. The zero-order valence-electron chi connectivity index (χ0n) is 11.8. The molecule has 0 aliphatic heterocycles. The molecule has 2 rings (SSSR count). The maximum Gasteiger partial charge on any atom is 0.254 e. The molecule has 0 radical (unpaired) electrons. The summed E-state index contributed by atoms with van der Waals surface area (Å²) < 4.78 is 5.17. The van der Waals surface area contributed by atoms with Crippen molar-refractivity contribution in [2.24, 2.45) is 0 Å². The number of ether oxygens (including phenoxy) is 1. The number of hydrogen-bond acceptors (Lipinski definition) is 4. The van der Waals surface area contributed by atoms with Crippen LogP contribution in [-0.4, -0.2) is 29.9 Å². The number of carbonyl (C=O) groups excluding carboxylic acids is 1. The number of halogens is 1. The Balaban J connectivity index is 2.15. The van der Waals surface area contributed by atoms with E-state index in [-0.39, 0.29) is 16.9 Å². The van der Waals surface area contributed by atoms with Crippen LogP contribution in [0, 0.1) is 0 Å². The number of anilines is 1. The average molecular weight is 306 g/mol. The largest absolute Gasteiger partial charge is 0.497 e. The number of nitrogens with zero attached hydrogens (tertiary/aromatic N) is 2. The number of carbonyl (C=O) groups is 1. The molecule has 1 aromatic heterocycles. The van der Waals surface area contributed by atoms with E-state index in [4.69, 9.17) is 22.1 Å². The maximum absolute atomic E-state index is 12.4. The molecular weight excluding hydrogens is 290 g/mol. The predicted octanol–water partition coefficient (Wildman–Crippen LogP) is 2.60. The zero-order valence-corrected chi connectivity index (χ0v) is 12.6. The highest BCUT2D eigenvalue weighted by Gasteiger charge is 2.14. The Morgan fingerprint density at radius 2 is 2.14 bits per heavy atom. The molecule has 1 aromatic carbocycles. The molecule has 0 saturated heterocycles. The first-order valence-corrected chi connectivity index (χ1v) is 6.69. The van der Waals surface area contributed by atoms with Crippen molar-refractivity contribution in [1.29, 1.82) is 0 Å². The number of methoxy groups -OCH3 is 1. The lowest BCUT2D eigenvalue weighted by Crippen LogP contribution is -2.26.